The third kappa shape index (κ3) is 2.57. The Morgan fingerprint density at radius 2 is 1.76 bits per heavy atom. The zero-order valence-electron chi connectivity index (χ0n) is 9.38. The molecule has 0 aliphatic heterocycles. The first-order chi connectivity index (χ1) is 8.00. The summed E-state index contributed by atoms with van der Waals surface area (Å²) < 4.78 is 27.7. The van der Waals surface area contributed by atoms with Crippen LogP contribution >= 0.6 is 0 Å². The van der Waals surface area contributed by atoms with E-state index in [-0.39, 0.29) is 4.90 Å². The average molecular weight is 251 g/mol. The zero-order valence-corrected chi connectivity index (χ0v) is 10.2. The minimum atomic E-state index is -3.63. The van der Waals surface area contributed by atoms with Crippen LogP contribution in [0.4, 0.5) is 0 Å². The maximum atomic E-state index is 11.1. The molecule has 2 aromatic rings. The fourth-order valence-corrected chi connectivity index (χ4v) is 2.05. The van der Waals surface area contributed by atoms with E-state index in [2.05, 4.69) is 0 Å². The molecule has 5 heteroatoms. The van der Waals surface area contributed by atoms with Gasteiger partial charge in [-0.2, -0.15) is 0 Å². The van der Waals surface area contributed by atoms with Gasteiger partial charge in [-0.1, -0.05) is 6.92 Å². The second-order valence-corrected chi connectivity index (χ2v) is 5.25. The summed E-state index contributed by atoms with van der Waals surface area (Å²) in [6, 6.07) is 10.1. The van der Waals surface area contributed by atoms with Crippen molar-refractivity contribution in [2.75, 3.05) is 0 Å². The largest absolute Gasteiger partial charge is 0.461 e. The molecule has 0 radical (unpaired) electrons. The van der Waals surface area contributed by atoms with E-state index in [1.165, 1.54) is 12.1 Å². The lowest BCUT2D eigenvalue weighted by atomic mass is 10.2. The summed E-state index contributed by atoms with van der Waals surface area (Å²) in [7, 11) is -3.63. The normalized spacial score (nSPS) is 11.6. The molecule has 0 aliphatic rings. The van der Waals surface area contributed by atoms with E-state index in [1.54, 1.807) is 12.1 Å². The number of furan rings is 1. The molecule has 17 heavy (non-hydrogen) atoms. The minimum Gasteiger partial charge on any atom is -0.461 e. The van der Waals surface area contributed by atoms with Crippen LogP contribution < -0.4 is 5.14 Å². The second-order valence-electron chi connectivity index (χ2n) is 3.69. The van der Waals surface area contributed by atoms with Crippen LogP contribution in [-0.4, -0.2) is 8.42 Å². The van der Waals surface area contributed by atoms with Crippen LogP contribution in [-0.2, 0) is 16.4 Å². The topological polar surface area (TPSA) is 73.3 Å². The highest BCUT2D eigenvalue weighted by Crippen LogP contribution is 2.23. The third-order valence-corrected chi connectivity index (χ3v) is 3.41. The van der Waals surface area contributed by atoms with Crippen molar-refractivity contribution < 1.29 is 12.8 Å². The number of sulfonamides is 1. The van der Waals surface area contributed by atoms with Crippen LogP contribution in [0.2, 0.25) is 0 Å². The molecule has 2 rings (SSSR count). The molecule has 2 N–H and O–H groups in total. The molecule has 1 aromatic carbocycles. The van der Waals surface area contributed by atoms with Gasteiger partial charge in [-0.05, 0) is 36.4 Å². The summed E-state index contributed by atoms with van der Waals surface area (Å²) in [4.78, 5) is 0.100. The molecule has 1 heterocycles. The number of aryl methyl sites for hydroxylation is 1. The number of benzene rings is 1. The lowest BCUT2D eigenvalue weighted by Crippen LogP contribution is -2.11. The first-order valence-corrected chi connectivity index (χ1v) is 6.77. The smallest absolute Gasteiger partial charge is 0.238 e. The van der Waals surface area contributed by atoms with Crippen molar-refractivity contribution in [3.63, 3.8) is 0 Å². The van der Waals surface area contributed by atoms with Crippen molar-refractivity contribution in [1.82, 2.24) is 0 Å². The number of hydrogen-bond donors (Lipinski definition) is 1. The lowest BCUT2D eigenvalue weighted by molar-refractivity contribution is 0.529. The van der Waals surface area contributed by atoms with Gasteiger partial charge in [-0.3, -0.25) is 0 Å². The maximum Gasteiger partial charge on any atom is 0.238 e. The van der Waals surface area contributed by atoms with E-state index in [0.29, 0.717) is 0 Å². The van der Waals surface area contributed by atoms with Crippen molar-refractivity contribution >= 4 is 10.0 Å². The van der Waals surface area contributed by atoms with E-state index in [4.69, 9.17) is 9.56 Å². The average Bonchev–Trinajstić information content (AvgIpc) is 2.76. The van der Waals surface area contributed by atoms with Gasteiger partial charge in [0.1, 0.15) is 11.5 Å². The molecule has 90 valence electrons. The van der Waals surface area contributed by atoms with Crippen molar-refractivity contribution in [3.05, 3.63) is 42.2 Å². The van der Waals surface area contributed by atoms with E-state index < -0.39 is 10.0 Å². The molecule has 0 atom stereocenters. The maximum absolute atomic E-state index is 11.1. The van der Waals surface area contributed by atoms with Crippen LogP contribution in [0.25, 0.3) is 11.3 Å². The Hall–Kier alpha value is -1.59. The van der Waals surface area contributed by atoms with E-state index >= 15 is 0 Å². The molecule has 0 bridgehead atoms. The van der Waals surface area contributed by atoms with Gasteiger partial charge in [0, 0.05) is 12.0 Å². The van der Waals surface area contributed by atoms with E-state index in [1.807, 2.05) is 19.1 Å². The Kier molecular flexibility index (Phi) is 3.04. The summed E-state index contributed by atoms with van der Waals surface area (Å²) >= 11 is 0. The lowest BCUT2D eigenvalue weighted by Gasteiger charge is -2.00. The summed E-state index contributed by atoms with van der Waals surface area (Å²) in [6.07, 6.45) is 0.829. The van der Waals surface area contributed by atoms with Gasteiger partial charge >= 0.3 is 0 Å². The Morgan fingerprint density at radius 1 is 1.12 bits per heavy atom. The number of nitrogens with two attached hydrogens (primary N) is 1. The molecule has 0 saturated heterocycles. The van der Waals surface area contributed by atoms with Gasteiger partial charge < -0.3 is 4.42 Å². The molecular formula is C12H13NO3S. The van der Waals surface area contributed by atoms with Gasteiger partial charge in [-0.15, -0.1) is 0 Å². The first kappa shape index (κ1) is 11.9. The van der Waals surface area contributed by atoms with Crippen LogP contribution in [0.15, 0.2) is 45.7 Å². The molecule has 0 spiro atoms. The molecule has 0 aliphatic carbocycles. The molecule has 0 fully saturated rings. The van der Waals surface area contributed by atoms with Crippen molar-refractivity contribution in [1.29, 1.82) is 0 Å². The quantitative estimate of drug-likeness (QED) is 0.908. The van der Waals surface area contributed by atoms with Crippen LogP contribution in [0, 0.1) is 0 Å². The van der Waals surface area contributed by atoms with Crippen LogP contribution in [0.1, 0.15) is 12.7 Å². The Balaban J connectivity index is 2.35. The highest BCUT2D eigenvalue weighted by atomic mass is 32.2. The van der Waals surface area contributed by atoms with Gasteiger partial charge in [0.15, 0.2) is 0 Å². The minimum absolute atomic E-state index is 0.100. The van der Waals surface area contributed by atoms with E-state index in [9.17, 15) is 8.42 Å². The van der Waals surface area contributed by atoms with Crippen molar-refractivity contribution in [2.24, 2.45) is 5.14 Å². The van der Waals surface area contributed by atoms with Crippen LogP contribution in [0.5, 0.6) is 0 Å². The van der Waals surface area contributed by atoms with Crippen LogP contribution in [0.3, 0.4) is 0 Å². The second kappa shape index (κ2) is 4.35. The monoisotopic (exact) mass is 251 g/mol. The highest BCUT2D eigenvalue weighted by Gasteiger charge is 2.08. The molecule has 0 amide bonds. The summed E-state index contributed by atoms with van der Waals surface area (Å²) in [5, 5.41) is 5.02. The summed E-state index contributed by atoms with van der Waals surface area (Å²) in [6.45, 7) is 2.01. The Bertz CT molecular complexity index is 611. The molecule has 4 nitrogen and oxygen atoms in total. The first-order valence-electron chi connectivity index (χ1n) is 5.22. The van der Waals surface area contributed by atoms with Gasteiger partial charge in [0.25, 0.3) is 0 Å². The number of hydrogen-bond acceptors (Lipinski definition) is 3. The highest BCUT2D eigenvalue weighted by molar-refractivity contribution is 7.89. The summed E-state index contributed by atoms with van der Waals surface area (Å²) in [5.74, 6) is 1.62. The molecular weight excluding hydrogens is 238 g/mol. The Labute approximate surface area is 100 Å². The molecule has 0 unspecified atom stereocenters. The van der Waals surface area contributed by atoms with Crippen molar-refractivity contribution in [2.45, 2.75) is 18.2 Å². The molecule has 1 aromatic heterocycles. The predicted octanol–water partition coefficient (Wildman–Crippen LogP) is 2.16. The third-order valence-electron chi connectivity index (χ3n) is 2.48. The van der Waals surface area contributed by atoms with Crippen molar-refractivity contribution in [3.8, 4) is 11.3 Å². The number of rotatable bonds is 3. The fourth-order valence-electron chi connectivity index (χ4n) is 1.53. The Morgan fingerprint density at radius 3 is 2.24 bits per heavy atom. The van der Waals surface area contributed by atoms with E-state index in [0.717, 1.165) is 23.5 Å². The van der Waals surface area contributed by atoms with Gasteiger partial charge in [0.2, 0.25) is 10.0 Å². The fraction of sp³-hybridized carbons (Fsp3) is 0.167. The standard InChI is InChI=1S/C12H13NO3S/c1-2-10-5-8-12(16-10)9-3-6-11(7-4-9)17(13,14)15/h3-8H,2H2,1H3,(H2,13,14,15). The van der Waals surface area contributed by atoms with Gasteiger partial charge in [-0.25, -0.2) is 13.6 Å². The predicted molar refractivity (Wildman–Crippen MR) is 64.9 cm³/mol. The summed E-state index contributed by atoms with van der Waals surface area (Å²) in [5.41, 5.74) is 0.831. The van der Waals surface area contributed by atoms with Gasteiger partial charge in [0.05, 0.1) is 4.90 Å². The SMILES string of the molecule is CCc1ccc(-c2ccc(S(N)(=O)=O)cc2)o1. The molecule has 0 saturated carbocycles. The number of primary sulfonamides is 1. The zero-order chi connectivity index (χ0) is 12.5.